The van der Waals surface area contributed by atoms with Gasteiger partial charge in [0.15, 0.2) is 0 Å². The highest BCUT2D eigenvalue weighted by Crippen LogP contribution is 2.31. The van der Waals surface area contributed by atoms with Crippen LogP contribution in [-0.2, 0) is 16.6 Å². The molecule has 0 bridgehead atoms. The lowest BCUT2D eigenvalue weighted by atomic mass is 10.1. The molecular formula is C18H22N2O5S2. The second-order valence-electron chi connectivity index (χ2n) is 6.07. The summed E-state index contributed by atoms with van der Waals surface area (Å²) in [7, 11) is -2.02. The summed E-state index contributed by atoms with van der Waals surface area (Å²) in [5, 5.41) is 9.15. The molecule has 0 aliphatic rings. The first-order chi connectivity index (χ1) is 12.6. The number of hydrogen-bond donors (Lipinski definition) is 2. The Morgan fingerprint density at radius 1 is 1.26 bits per heavy atom. The molecule has 0 unspecified atom stereocenters. The van der Waals surface area contributed by atoms with Crippen LogP contribution in [0.25, 0.3) is 0 Å². The van der Waals surface area contributed by atoms with Gasteiger partial charge in [-0.1, -0.05) is 0 Å². The van der Waals surface area contributed by atoms with Gasteiger partial charge in [-0.3, -0.25) is 4.72 Å². The molecule has 0 saturated heterocycles. The largest absolute Gasteiger partial charge is 0.465 e. The third kappa shape index (κ3) is 6.07. The number of nitrogens with zero attached hydrogens (tertiary/aromatic N) is 1. The maximum Gasteiger partial charge on any atom is 0.407 e. The quantitative estimate of drug-likeness (QED) is 0.670. The van der Waals surface area contributed by atoms with Crippen LogP contribution in [0, 0.1) is 6.92 Å². The highest BCUT2D eigenvalue weighted by molar-refractivity contribution is 7.98. The Balaban J connectivity index is 2.38. The monoisotopic (exact) mass is 410 g/mol. The molecule has 0 aliphatic heterocycles. The molecule has 7 nitrogen and oxygen atoms in total. The lowest BCUT2D eigenvalue weighted by Crippen LogP contribution is -2.24. The highest BCUT2D eigenvalue weighted by atomic mass is 32.2. The molecule has 9 heteroatoms. The van der Waals surface area contributed by atoms with Crippen molar-refractivity contribution < 1.29 is 23.1 Å². The Morgan fingerprint density at radius 3 is 2.52 bits per heavy atom. The maximum atomic E-state index is 11.5. The van der Waals surface area contributed by atoms with Crippen molar-refractivity contribution in [3.63, 3.8) is 0 Å². The standard InChI is InChI=1S/C18H22N2O5S2/c1-12-9-15(6-8-17(12)26-3)25-16-7-5-14(19-27(4,23)24)10-13(16)11-20(2)18(21)22/h5-10,19H,11H2,1-4H3,(H,21,22). The number of ether oxygens (including phenoxy) is 1. The molecule has 1 amide bonds. The summed E-state index contributed by atoms with van der Waals surface area (Å²) in [5.74, 6) is 1.08. The average Bonchev–Trinajstić information content (AvgIpc) is 2.56. The van der Waals surface area contributed by atoms with Crippen molar-refractivity contribution in [2.45, 2.75) is 18.4 Å². The molecule has 2 rings (SSSR count). The molecule has 2 aromatic carbocycles. The summed E-state index contributed by atoms with van der Waals surface area (Å²) >= 11 is 1.64. The van der Waals surface area contributed by atoms with E-state index in [0.717, 1.165) is 21.6 Å². The minimum absolute atomic E-state index is 0.0474. The fourth-order valence-corrected chi connectivity index (χ4v) is 3.58. The van der Waals surface area contributed by atoms with Crippen LogP contribution in [0.15, 0.2) is 41.3 Å². The topological polar surface area (TPSA) is 95.9 Å². The lowest BCUT2D eigenvalue weighted by molar-refractivity contribution is 0.153. The predicted molar refractivity (Wildman–Crippen MR) is 107 cm³/mol. The minimum atomic E-state index is -3.45. The van der Waals surface area contributed by atoms with E-state index in [1.807, 2.05) is 31.4 Å². The van der Waals surface area contributed by atoms with Gasteiger partial charge in [-0.2, -0.15) is 0 Å². The van der Waals surface area contributed by atoms with Crippen LogP contribution in [0.2, 0.25) is 0 Å². The second-order valence-corrected chi connectivity index (χ2v) is 8.67. The minimum Gasteiger partial charge on any atom is -0.465 e. The summed E-state index contributed by atoms with van der Waals surface area (Å²) in [6.07, 6.45) is 1.95. The van der Waals surface area contributed by atoms with Crippen molar-refractivity contribution in [2.24, 2.45) is 0 Å². The van der Waals surface area contributed by atoms with Gasteiger partial charge in [-0.25, -0.2) is 13.2 Å². The van der Waals surface area contributed by atoms with E-state index in [4.69, 9.17) is 9.84 Å². The van der Waals surface area contributed by atoms with Crippen molar-refractivity contribution in [1.82, 2.24) is 4.90 Å². The molecule has 0 radical (unpaired) electrons. The van der Waals surface area contributed by atoms with Gasteiger partial charge >= 0.3 is 6.09 Å². The number of amides is 1. The van der Waals surface area contributed by atoms with Crippen LogP contribution >= 0.6 is 11.8 Å². The number of aryl methyl sites for hydroxylation is 1. The van der Waals surface area contributed by atoms with E-state index in [-0.39, 0.29) is 6.54 Å². The average molecular weight is 411 g/mol. The Hall–Kier alpha value is -2.39. The Morgan fingerprint density at radius 2 is 1.96 bits per heavy atom. The predicted octanol–water partition coefficient (Wildman–Crippen LogP) is 3.99. The molecule has 0 atom stereocenters. The molecule has 2 aromatic rings. The molecular weight excluding hydrogens is 388 g/mol. The molecule has 0 aliphatic carbocycles. The maximum absolute atomic E-state index is 11.5. The van der Waals surface area contributed by atoms with E-state index in [1.54, 1.807) is 30.0 Å². The number of thioether (sulfide) groups is 1. The summed E-state index contributed by atoms with van der Waals surface area (Å²) in [4.78, 5) is 13.4. The fourth-order valence-electron chi connectivity index (χ4n) is 2.44. The van der Waals surface area contributed by atoms with Crippen molar-refractivity contribution in [3.8, 4) is 11.5 Å². The molecule has 0 saturated carbocycles. The summed E-state index contributed by atoms with van der Waals surface area (Å²) < 4.78 is 31.3. The van der Waals surface area contributed by atoms with E-state index < -0.39 is 16.1 Å². The molecule has 27 heavy (non-hydrogen) atoms. The van der Waals surface area contributed by atoms with Crippen molar-refractivity contribution in [3.05, 3.63) is 47.5 Å². The summed E-state index contributed by atoms with van der Waals surface area (Å²) in [6.45, 7) is 2.03. The smallest absolute Gasteiger partial charge is 0.407 e. The fraction of sp³-hybridized carbons (Fsp3) is 0.278. The van der Waals surface area contributed by atoms with E-state index in [1.165, 1.54) is 7.05 Å². The van der Waals surface area contributed by atoms with Gasteiger partial charge in [0.2, 0.25) is 10.0 Å². The van der Waals surface area contributed by atoms with Crippen LogP contribution in [0.3, 0.4) is 0 Å². The molecule has 0 spiro atoms. The van der Waals surface area contributed by atoms with Crippen LogP contribution < -0.4 is 9.46 Å². The third-order valence-corrected chi connectivity index (χ3v) is 5.20. The second kappa shape index (κ2) is 8.53. The Bertz CT molecular complexity index is 945. The lowest BCUT2D eigenvalue weighted by Gasteiger charge is -2.18. The molecule has 0 aromatic heterocycles. The van der Waals surface area contributed by atoms with Gasteiger partial charge in [0.25, 0.3) is 0 Å². The number of carbonyl (C=O) groups is 1. The number of rotatable bonds is 7. The molecule has 146 valence electrons. The van der Waals surface area contributed by atoms with Crippen LogP contribution in [0.4, 0.5) is 10.5 Å². The van der Waals surface area contributed by atoms with Gasteiger partial charge < -0.3 is 14.7 Å². The van der Waals surface area contributed by atoms with Crippen LogP contribution in [-0.4, -0.2) is 44.1 Å². The van der Waals surface area contributed by atoms with Gasteiger partial charge in [0, 0.05) is 23.2 Å². The Labute approximate surface area is 163 Å². The number of carboxylic acid groups (broad SMARTS) is 1. The van der Waals surface area contributed by atoms with Gasteiger partial charge in [-0.15, -0.1) is 11.8 Å². The molecule has 0 fully saturated rings. The normalized spacial score (nSPS) is 11.1. The van der Waals surface area contributed by atoms with E-state index >= 15 is 0 Å². The zero-order valence-corrected chi connectivity index (χ0v) is 17.1. The highest BCUT2D eigenvalue weighted by Gasteiger charge is 2.14. The number of benzene rings is 2. The van der Waals surface area contributed by atoms with Crippen molar-refractivity contribution >= 4 is 33.6 Å². The van der Waals surface area contributed by atoms with E-state index in [9.17, 15) is 13.2 Å². The molecule has 2 N–H and O–H groups in total. The van der Waals surface area contributed by atoms with Gasteiger partial charge in [0.05, 0.1) is 12.8 Å². The number of sulfonamides is 1. The molecule has 0 heterocycles. The number of anilines is 1. The van der Waals surface area contributed by atoms with Gasteiger partial charge in [-0.05, 0) is 55.1 Å². The van der Waals surface area contributed by atoms with E-state index in [0.29, 0.717) is 22.7 Å². The zero-order valence-electron chi connectivity index (χ0n) is 15.5. The first-order valence-corrected chi connectivity index (χ1v) is 11.1. The Kier molecular flexibility index (Phi) is 6.61. The number of nitrogens with one attached hydrogen (secondary N) is 1. The zero-order chi connectivity index (χ0) is 20.2. The SMILES string of the molecule is CSc1ccc(Oc2ccc(NS(C)(=O)=O)cc2CN(C)C(=O)O)cc1C. The third-order valence-electron chi connectivity index (χ3n) is 3.69. The van der Waals surface area contributed by atoms with Crippen molar-refractivity contribution in [1.29, 1.82) is 0 Å². The van der Waals surface area contributed by atoms with Gasteiger partial charge in [0.1, 0.15) is 11.5 Å². The van der Waals surface area contributed by atoms with Crippen LogP contribution in [0.1, 0.15) is 11.1 Å². The van der Waals surface area contributed by atoms with E-state index in [2.05, 4.69) is 4.72 Å². The van der Waals surface area contributed by atoms with Crippen molar-refractivity contribution in [2.75, 3.05) is 24.3 Å². The van der Waals surface area contributed by atoms with Crippen LogP contribution in [0.5, 0.6) is 11.5 Å². The first kappa shape index (κ1) is 20.9. The first-order valence-electron chi connectivity index (χ1n) is 7.96. The number of hydrogen-bond acceptors (Lipinski definition) is 5. The summed E-state index contributed by atoms with van der Waals surface area (Å²) in [6, 6.07) is 10.5. The summed E-state index contributed by atoms with van der Waals surface area (Å²) in [5.41, 5.74) is 1.95.